The highest BCUT2D eigenvalue weighted by Crippen LogP contribution is 2.56. The minimum Gasteiger partial charge on any atom is -0.129 e. The number of hydrogen-bond donors (Lipinski definition) is 0. The Balaban J connectivity index is 2.32. The van der Waals surface area contributed by atoms with Gasteiger partial charge in [-0.1, -0.05) is 25.5 Å². The molecule has 1 atom stereocenters. The molecule has 0 fully saturated rings. The first-order valence-electron chi connectivity index (χ1n) is 5.64. The van der Waals surface area contributed by atoms with Crippen LogP contribution in [0.25, 0.3) is 0 Å². The molecule has 0 bridgehead atoms. The molecule has 84 valence electrons. The van der Waals surface area contributed by atoms with E-state index in [9.17, 15) is 0 Å². The molecule has 2 aliphatic rings. The molecule has 1 aliphatic carbocycles. The van der Waals surface area contributed by atoms with Gasteiger partial charge in [-0.2, -0.15) is 0 Å². The molecule has 0 nitrogen and oxygen atoms in total. The topological polar surface area (TPSA) is 0 Å². The lowest BCUT2D eigenvalue weighted by molar-refractivity contribution is 0.326. The summed E-state index contributed by atoms with van der Waals surface area (Å²) in [5, 5.41) is 0. The molecular formula is C13H20S2. The second-order valence-electron chi connectivity index (χ2n) is 5.37. The fraction of sp³-hybridized carbons (Fsp3) is 0.692. The number of hydrogen-bond acceptors (Lipinski definition) is 2. The van der Waals surface area contributed by atoms with Gasteiger partial charge in [-0.3, -0.25) is 0 Å². The maximum Gasteiger partial charge on any atom is 0.0143 e. The molecule has 1 unspecified atom stereocenters. The first kappa shape index (κ1) is 11.7. The highest BCUT2D eigenvalue weighted by atomic mass is 32.2. The molecular weight excluding hydrogens is 220 g/mol. The van der Waals surface area contributed by atoms with Gasteiger partial charge in [0.1, 0.15) is 0 Å². The van der Waals surface area contributed by atoms with E-state index < -0.39 is 0 Å². The summed E-state index contributed by atoms with van der Waals surface area (Å²) in [5.41, 5.74) is 1.89. The van der Waals surface area contributed by atoms with Crippen LogP contribution in [-0.4, -0.2) is 11.5 Å². The summed E-state index contributed by atoms with van der Waals surface area (Å²) >= 11 is 4.20. The Morgan fingerprint density at radius 3 is 2.60 bits per heavy atom. The van der Waals surface area contributed by atoms with Crippen molar-refractivity contribution in [2.24, 2.45) is 11.3 Å². The lowest BCUT2D eigenvalue weighted by Crippen LogP contribution is -2.18. The Bertz CT molecular complexity index is 319. The SMILES string of the molecule is CC(C)=CC1C2=C(CC1(C)C)SCCS2. The summed E-state index contributed by atoms with van der Waals surface area (Å²) in [6, 6.07) is 0. The van der Waals surface area contributed by atoms with Gasteiger partial charge in [0.2, 0.25) is 0 Å². The molecule has 0 saturated heterocycles. The fourth-order valence-corrected chi connectivity index (χ4v) is 5.41. The van der Waals surface area contributed by atoms with Crippen LogP contribution in [0.15, 0.2) is 21.5 Å². The standard InChI is InChI=1S/C13H20S2/c1-9(2)7-10-12-11(8-13(10,3)4)14-5-6-15-12/h7,10H,5-6,8H2,1-4H3. The van der Waals surface area contributed by atoms with Gasteiger partial charge < -0.3 is 0 Å². The third kappa shape index (κ3) is 2.31. The van der Waals surface area contributed by atoms with Gasteiger partial charge in [0.05, 0.1) is 0 Å². The monoisotopic (exact) mass is 240 g/mol. The molecule has 0 spiro atoms. The van der Waals surface area contributed by atoms with Crippen molar-refractivity contribution in [3.8, 4) is 0 Å². The van der Waals surface area contributed by atoms with Crippen LogP contribution in [0.4, 0.5) is 0 Å². The van der Waals surface area contributed by atoms with E-state index in [-0.39, 0.29) is 0 Å². The van der Waals surface area contributed by atoms with Crippen molar-refractivity contribution in [3.63, 3.8) is 0 Å². The maximum absolute atomic E-state index is 2.47. The Hall–Kier alpha value is 0.180. The first-order valence-corrected chi connectivity index (χ1v) is 7.61. The summed E-state index contributed by atoms with van der Waals surface area (Å²) < 4.78 is 0. The third-order valence-corrected chi connectivity index (χ3v) is 5.86. The van der Waals surface area contributed by atoms with E-state index >= 15 is 0 Å². The Kier molecular flexibility index (Phi) is 3.27. The van der Waals surface area contributed by atoms with Gasteiger partial charge in [-0.05, 0) is 30.6 Å². The number of allylic oxidation sites excluding steroid dienone is 4. The Labute approximate surface area is 102 Å². The van der Waals surface area contributed by atoms with Gasteiger partial charge in [-0.15, -0.1) is 23.5 Å². The summed E-state index contributed by atoms with van der Waals surface area (Å²) in [4.78, 5) is 3.36. The summed E-state index contributed by atoms with van der Waals surface area (Å²) in [6.45, 7) is 9.26. The summed E-state index contributed by atoms with van der Waals surface area (Å²) in [6.07, 6.45) is 3.76. The Morgan fingerprint density at radius 2 is 1.93 bits per heavy atom. The summed E-state index contributed by atoms with van der Waals surface area (Å²) in [5.74, 6) is 3.28. The third-order valence-electron chi connectivity index (χ3n) is 3.13. The van der Waals surface area contributed by atoms with Crippen molar-refractivity contribution >= 4 is 23.5 Å². The largest absolute Gasteiger partial charge is 0.129 e. The van der Waals surface area contributed by atoms with E-state index in [0.29, 0.717) is 11.3 Å². The smallest absolute Gasteiger partial charge is 0.0143 e. The number of rotatable bonds is 1. The van der Waals surface area contributed by atoms with Crippen LogP contribution in [0, 0.1) is 11.3 Å². The quantitative estimate of drug-likeness (QED) is 0.610. The van der Waals surface area contributed by atoms with E-state index in [2.05, 4.69) is 57.3 Å². The predicted octanol–water partition coefficient (Wildman–Crippen LogP) is 4.69. The molecule has 0 radical (unpaired) electrons. The molecule has 0 aromatic heterocycles. The second-order valence-corrected chi connectivity index (χ2v) is 7.70. The highest BCUT2D eigenvalue weighted by Gasteiger charge is 2.40. The van der Waals surface area contributed by atoms with Crippen LogP contribution in [-0.2, 0) is 0 Å². The minimum atomic E-state index is 0.437. The minimum absolute atomic E-state index is 0.437. The zero-order valence-corrected chi connectivity index (χ0v) is 11.7. The van der Waals surface area contributed by atoms with Crippen LogP contribution >= 0.6 is 23.5 Å². The zero-order chi connectivity index (χ0) is 11.1. The lowest BCUT2D eigenvalue weighted by atomic mass is 9.80. The van der Waals surface area contributed by atoms with Gasteiger partial charge in [0, 0.05) is 22.3 Å². The first-order chi connectivity index (χ1) is 7.00. The molecule has 15 heavy (non-hydrogen) atoms. The van der Waals surface area contributed by atoms with Crippen LogP contribution in [0.5, 0.6) is 0 Å². The molecule has 0 aromatic carbocycles. The molecule has 1 aliphatic heterocycles. The van der Waals surface area contributed by atoms with Crippen LogP contribution in [0.2, 0.25) is 0 Å². The van der Waals surface area contributed by atoms with Gasteiger partial charge in [0.15, 0.2) is 0 Å². The molecule has 0 aromatic rings. The van der Waals surface area contributed by atoms with E-state index in [1.54, 1.807) is 9.81 Å². The summed E-state index contributed by atoms with van der Waals surface area (Å²) in [7, 11) is 0. The van der Waals surface area contributed by atoms with Gasteiger partial charge in [-0.25, -0.2) is 0 Å². The lowest BCUT2D eigenvalue weighted by Gasteiger charge is -2.27. The van der Waals surface area contributed by atoms with Crippen molar-refractivity contribution in [1.82, 2.24) is 0 Å². The van der Waals surface area contributed by atoms with Crippen molar-refractivity contribution in [2.45, 2.75) is 34.1 Å². The van der Waals surface area contributed by atoms with E-state index in [1.165, 1.54) is 23.5 Å². The van der Waals surface area contributed by atoms with Crippen LogP contribution < -0.4 is 0 Å². The molecule has 2 heteroatoms. The molecule has 0 amide bonds. The second kappa shape index (κ2) is 4.21. The van der Waals surface area contributed by atoms with Gasteiger partial charge in [0.25, 0.3) is 0 Å². The van der Waals surface area contributed by atoms with Crippen molar-refractivity contribution in [1.29, 1.82) is 0 Å². The fourth-order valence-electron chi connectivity index (χ4n) is 2.38. The molecule has 0 saturated carbocycles. The Morgan fingerprint density at radius 1 is 1.27 bits per heavy atom. The maximum atomic E-state index is 2.47. The average molecular weight is 240 g/mol. The molecule has 1 heterocycles. The van der Waals surface area contributed by atoms with Crippen LogP contribution in [0.1, 0.15) is 34.1 Å². The van der Waals surface area contributed by atoms with Crippen LogP contribution in [0.3, 0.4) is 0 Å². The van der Waals surface area contributed by atoms with Crippen molar-refractivity contribution < 1.29 is 0 Å². The van der Waals surface area contributed by atoms with Gasteiger partial charge >= 0.3 is 0 Å². The molecule has 2 rings (SSSR count). The number of thioether (sulfide) groups is 2. The average Bonchev–Trinajstić information content (AvgIpc) is 2.37. The van der Waals surface area contributed by atoms with E-state index in [0.717, 1.165) is 0 Å². The zero-order valence-electron chi connectivity index (χ0n) is 10.1. The van der Waals surface area contributed by atoms with E-state index in [4.69, 9.17) is 0 Å². The highest BCUT2D eigenvalue weighted by molar-refractivity contribution is 8.10. The van der Waals surface area contributed by atoms with Crippen molar-refractivity contribution in [2.75, 3.05) is 11.5 Å². The van der Waals surface area contributed by atoms with Crippen molar-refractivity contribution in [3.05, 3.63) is 21.5 Å². The normalized spacial score (nSPS) is 28.9. The molecule has 0 N–H and O–H groups in total. The van der Waals surface area contributed by atoms with E-state index in [1.807, 2.05) is 0 Å². The predicted molar refractivity (Wildman–Crippen MR) is 73.3 cm³/mol.